The van der Waals surface area contributed by atoms with Crippen LogP contribution in [0.5, 0.6) is 0 Å². The van der Waals surface area contributed by atoms with Crippen molar-refractivity contribution in [1.29, 1.82) is 0 Å². The van der Waals surface area contributed by atoms with Crippen molar-refractivity contribution in [2.75, 3.05) is 26.2 Å². The number of carbonyl (C=O) groups excluding carboxylic acids is 3. The van der Waals surface area contributed by atoms with Crippen LogP contribution < -0.4 is 10.6 Å². The first-order chi connectivity index (χ1) is 12.4. The number of nitrogens with zero attached hydrogens (tertiary/aromatic N) is 2. The van der Waals surface area contributed by atoms with Crippen LogP contribution in [0.4, 0.5) is 4.79 Å². The zero-order valence-corrected chi connectivity index (χ0v) is 14.9. The Bertz CT molecular complexity index is 803. The lowest BCUT2D eigenvalue weighted by atomic mass is 10.1. The zero-order valence-electron chi connectivity index (χ0n) is 14.1. The van der Waals surface area contributed by atoms with E-state index in [1.54, 1.807) is 35.2 Å². The normalized spacial score (nSPS) is 21.4. The van der Waals surface area contributed by atoms with Gasteiger partial charge in [0.1, 0.15) is 6.04 Å². The van der Waals surface area contributed by atoms with Gasteiger partial charge in [-0.05, 0) is 18.6 Å². The minimum Gasteiger partial charge on any atom is -0.340 e. The third kappa shape index (κ3) is 3.86. The van der Waals surface area contributed by atoms with Crippen molar-refractivity contribution in [2.24, 2.45) is 0 Å². The number of hydrogen-bond acceptors (Lipinski definition) is 5. The number of benzene rings is 1. The van der Waals surface area contributed by atoms with E-state index in [9.17, 15) is 22.8 Å². The molecule has 140 valence electrons. The molecule has 3 rings (SSSR count). The number of amides is 4. The lowest BCUT2D eigenvalue weighted by Gasteiger charge is -2.34. The molecule has 0 aromatic heterocycles. The van der Waals surface area contributed by atoms with Gasteiger partial charge in [-0.2, -0.15) is 4.31 Å². The number of nitrogens with one attached hydrogen (secondary N) is 2. The molecule has 2 saturated heterocycles. The topological polar surface area (TPSA) is 116 Å². The van der Waals surface area contributed by atoms with Crippen LogP contribution in [0.1, 0.15) is 12.8 Å². The third-order valence-electron chi connectivity index (χ3n) is 4.48. The summed E-state index contributed by atoms with van der Waals surface area (Å²) in [6, 6.07) is 6.96. The molecule has 1 aromatic rings. The van der Waals surface area contributed by atoms with Gasteiger partial charge in [0.25, 0.3) is 5.91 Å². The fourth-order valence-corrected chi connectivity index (χ4v) is 4.45. The second-order valence-corrected chi connectivity index (χ2v) is 8.09. The minimum absolute atomic E-state index is 0.115. The Morgan fingerprint density at radius 1 is 1.08 bits per heavy atom. The van der Waals surface area contributed by atoms with E-state index in [1.807, 2.05) is 0 Å². The molecular weight excluding hydrogens is 360 g/mol. The molecule has 2 aliphatic heterocycles. The summed E-state index contributed by atoms with van der Waals surface area (Å²) in [4.78, 5) is 36.6. The van der Waals surface area contributed by atoms with E-state index in [0.717, 1.165) is 0 Å². The highest BCUT2D eigenvalue weighted by Crippen LogP contribution is 2.17. The Balaban J connectivity index is 1.51. The summed E-state index contributed by atoms with van der Waals surface area (Å²) < 4.78 is 26.5. The van der Waals surface area contributed by atoms with Crippen molar-refractivity contribution >= 4 is 27.9 Å². The predicted molar refractivity (Wildman–Crippen MR) is 91.5 cm³/mol. The van der Waals surface area contributed by atoms with Gasteiger partial charge in [-0.15, -0.1) is 0 Å². The summed E-state index contributed by atoms with van der Waals surface area (Å²) >= 11 is 0. The quantitative estimate of drug-likeness (QED) is 0.669. The van der Waals surface area contributed by atoms with Crippen LogP contribution in [0.15, 0.2) is 35.2 Å². The number of urea groups is 1. The van der Waals surface area contributed by atoms with E-state index in [0.29, 0.717) is 13.1 Å². The molecule has 4 amide bonds. The van der Waals surface area contributed by atoms with E-state index in [2.05, 4.69) is 10.6 Å². The fourth-order valence-electron chi connectivity index (χ4n) is 3.01. The smallest absolute Gasteiger partial charge is 0.322 e. The highest BCUT2D eigenvalue weighted by Gasteiger charge is 2.32. The van der Waals surface area contributed by atoms with E-state index in [-0.39, 0.29) is 36.7 Å². The third-order valence-corrected chi connectivity index (χ3v) is 6.39. The van der Waals surface area contributed by atoms with Gasteiger partial charge in [-0.1, -0.05) is 18.2 Å². The second-order valence-electron chi connectivity index (χ2n) is 6.15. The SMILES string of the molecule is O=C1NC(=O)[C@@H](CCC(=O)N2CCN(S(=O)(=O)c3ccccc3)CC2)N1. The van der Waals surface area contributed by atoms with Crippen molar-refractivity contribution in [2.45, 2.75) is 23.8 Å². The van der Waals surface area contributed by atoms with Crippen LogP contribution in [0.2, 0.25) is 0 Å². The molecule has 2 fully saturated rings. The highest BCUT2D eigenvalue weighted by molar-refractivity contribution is 7.89. The van der Waals surface area contributed by atoms with E-state index in [4.69, 9.17) is 0 Å². The molecule has 1 atom stereocenters. The number of hydrogen-bond donors (Lipinski definition) is 2. The molecule has 0 aliphatic carbocycles. The van der Waals surface area contributed by atoms with E-state index >= 15 is 0 Å². The van der Waals surface area contributed by atoms with Crippen LogP contribution in [0.25, 0.3) is 0 Å². The standard InChI is InChI=1S/C16H20N4O5S/c21-14(7-6-13-15(22)18-16(23)17-13)19-8-10-20(11-9-19)26(24,25)12-4-2-1-3-5-12/h1-5,13H,6-11H2,(H2,17,18,22,23)/t13-/m1/s1. The maximum atomic E-state index is 12.6. The van der Waals surface area contributed by atoms with Crippen LogP contribution in [0, 0.1) is 0 Å². The summed E-state index contributed by atoms with van der Waals surface area (Å²) in [6.07, 6.45) is 0.336. The van der Waals surface area contributed by atoms with E-state index in [1.165, 1.54) is 4.31 Å². The molecule has 0 bridgehead atoms. The average Bonchev–Trinajstić information content (AvgIpc) is 2.97. The van der Waals surface area contributed by atoms with Gasteiger partial charge in [0.2, 0.25) is 15.9 Å². The summed E-state index contributed by atoms with van der Waals surface area (Å²) in [6.45, 7) is 1.05. The fraction of sp³-hybridized carbons (Fsp3) is 0.438. The largest absolute Gasteiger partial charge is 0.340 e. The van der Waals surface area contributed by atoms with Gasteiger partial charge in [0.05, 0.1) is 4.90 Å². The first kappa shape index (κ1) is 18.3. The number of sulfonamides is 1. The van der Waals surface area contributed by atoms with Gasteiger partial charge in [0.15, 0.2) is 0 Å². The van der Waals surface area contributed by atoms with Gasteiger partial charge in [-0.3, -0.25) is 14.9 Å². The lowest BCUT2D eigenvalue weighted by Crippen LogP contribution is -2.50. The molecule has 1 aromatic carbocycles. The molecule has 0 spiro atoms. The van der Waals surface area contributed by atoms with Crippen LogP contribution in [-0.2, 0) is 19.6 Å². The summed E-state index contributed by atoms with van der Waals surface area (Å²) in [5.74, 6) is -0.586. The summed E-state index contributed by atoms with van der Waals surface area (Å²) in [5, 5.41) is 4.57. The number of rotatable bonds is 5. The van der Waals surface area contributed by atoms with Crippen LogP contribution in [0.3, 0.4) is 0 Å². The zero-order chi connectivity index (χ0) is 18.7. The molecule has 2 heterocycles. The van der Waals surface area contributed by atoms with Crippen molar-refractivity contribution in [3.8, 4) is 0 Å². The summed E-state index contributed by atoms with van der Waals surface area (Å²) in [7, 11) is -3.55. The van der Waals surface area contributed by atoms with Crippen molar-refractivity contribution in [3.05, 3.63) is 30.3 Å². The van der Waals surface area contributed by atoms with Crippen molar-refractivity contribution in [1.82, 2.24) is 19.8 Å². The molecule has 2 N–H and O–H groups in total. The van der Waals surface area contributed by atoms with Crippen molar-refractivity contribution in [3.63, 3.8) is 0 Å². The minimum atomic E-state index is -3.55. The average molecular weight is 380 g/mol. The van der Waals surface area contributed by atoms with Crippen LogP contribution >= 0.6 is 0 Å². The molecule has 2 aliphatic rings. The molecule has 0 unspecified atom stereocenters. The monoisotopic (exact) mass is 380 g/mol. The molecule has 10 heteroatoms. The Kier molecular flexibility index (Phi) is 5.23. The first-order valence-corrected chi connectivity index (χ1v) is 9.76. The van der Waals surface area contributed by atoms with Gasteiger partial charge >= 0.3 is 6.03 Å². The Morgan fingerprint density at radius 3 is 2.31 bits per heavy atom. The Morgan fingerprint density at radius 2 is 1.73 bits per heavy atom. The second kappa shape index (κ2) is 7.42. The number of piperazine rings is 1. The van der Waals surface area contributed by atoms with Gasteiger partial charge in [-0.25, -0.2) is 13.2 Å². The van der Waals surface area contributed by atoms with Crippen LogP contribution in [-0.4, -0.2) is 67.7 Å². The molecular formula is C16H20N4O5S. The molecule has 9 nitrogen and oxygen atoms in total. The summed E-state index contributed by atoms with van der Waals surface area (Å²) in [5.41, 5.74) is 0. The Labute approximate surface area is 151 Å². The number of carbonyl (C=O) groups is 3. The lowest BCUT2D eigenvalue weighted by molar-refractivity contribution is -0.132. The van der Waals surface area contributed by atoms with E-state index < -0.39 is 28.0 Å². The van der Waals surface area contributed by atoms with Gasteiger partial charge in [0, 0.05) is 32.6 Å². The molecule has 26 heavy (non-hydrogen) atoms. The van der Waals surface area contributed by atoms with Crippen molar-refractivity contribution < 1.29 is 22.8 Å². The predicted octanol–water partition coefficient (Wildman–Crippen LogP) is -0.492. The van der Waals surface area contributed by atoms with Gasteiger partial charge < -0.3 is 10.2 Å². The first-order valence-electron chi connectivity index (χ1n) is 8.32. The molecule has 0 saturated carbocycles. The maximum Gasteiger partial charge on any atom is 0.322 e. The number of imide groups is 1. The molecule has 0 radical (unpaired) electrons. The highest BCUT2D eigenvalue weighted by atomic mass is 32.2. The maximum absolute atomic E-state index is 12.6. The Hall–Kier alpha value is -2.46.